The standard InChI is InChI=1S/C17H21N3OS.C7H10F2.C4H10O2.C3H4/c1-3-16(21)15-10-19-17-14(15)8-12(9-18-17)11-5-4-6-13(7-11)20-22-2;1-6(8)4-3-5-7(2)9;1-5-3-4-6-2;1-3-2/h4,6-11,16,20-21H,3,5H2,1-2H3,(H,18,19);3-6H,1-2H3;3-4H2,1-2H3;1H,2H3/b;4-3-,7-5+;;. The molecule has 6 nitrogen and oxygen atoms in total. The highest BCUT2D eigenvalue weighted by atomic mass is 32.2. The molecule has 0 amide bonds. The van der Waals surface area contributed by atoms with Gasteiger partial charge in [0.1, 0.15) is 11.8 Å². The van der Waals surface area contributed by atoms with Crippen LogP contribution >= 0.6 is 11.9 Å². The molecule has 2 aromatic heterocycles. The maximum atomic E-state index is 11.9. The average molecular weight is 578 g/mol. The number of aliphatic hydroxyl groups excluding tert-OH is 1. The van der Waals surface area contributed by atoms with Crippen LogP contribution < -0.4 is 4.72 Å². The number of nitrogens with zero attached hydrogens (tertiary/aromatic N) is 1. The summed E-state index contributed by atoms with van der Waals surface area (Å²) in [4.78, 5) is 7.67. The van der Waals surface area contributed by atoms with Gasteiger partial charge in [0.05, 0.1) is 25.1 Å². The number of aromatic amines is 1. The second-order valence-corrected chi connectivity index (χ2v) is 9.21. The van der Waals surface area contributed by atoms with Gasteiger partial charge in [-0.1, -0.05) is 43.2 Å². The summed E-state index contributed by atoms with van der Waals surface area (Å²) in [5, 5.41) is 11.2. The number of terminal acetylenes is 1. The summed E-state index contributed by atoms with van der Waals surface area (Å²) in [6.45, 7) is 7.72. The van der Waals surface area contributed by atoms with Crippen LogP contribution in [0.4, 0.5) is 8.78 Å². The van der Waals surface area contributed by atoms with Crippen molar-refractivity contribution < 1.29 is 23.4 Å². The number of hydrogen-bond acceptors (Lipinski definition) is 6. The van der Waals surface area contributed by atoms with Crippen molar-refractivity contribution in [3.63, 3.8) is 0 Å². The first-order valence-electron chi connectivity index (χ1n) is 13.0. The first-order chi connectivity index (χ1) is 19.2. The maximum Gasteiger partial charge on any atom is 0.137 e. The van der Waals surface area contributed by atoms with E-state index in [1.807, 2.05) is 25.6 Å². The molecule has 0 saturated carbocycles. The number of halogens is 2. The van der Waals surface area contributed by atoms with Crippen LogP contribution in [0.2, 0.25) is 0 Å². The summed E-state index contributed by atoms with van der Waals surface area (Å²) in [6.07, 6.45) is 21.0. The number of rotatable bonds is 10. The van der Waals surface area contributed by atoms with E-state index in [0.717, 1.165) is 28.7 Å². The van der Waals surface area contributed by atoms with Crippen LogP contribution in [0.1, 0.15) is 63.7 Å². The third-order valence-corrected chi connectivity index (χ3v) is 5.68. The number of H-pyrrole nitrogens is 1. The zero-order valence-electron chi connectivity index (χ0n) is 24.7. The Bertz CT molecular complexity index is 1110. The number of nitrogens with one attached hydrogen (secondary N) is 2. The lowest BCUT2D eigenvalue weighted by Crippen LogP contribution is -2.07. The molecule has 2 heterocycles. The molecule has 3 unspecified atom stereocenters. The number of alkyl halides is 1. The molecule has 1 aliphatic carbocycles. The summed E-state index contributed by atoms with van der Waals surface area (Å²) < 4.78 is 36.3. The van der Waals surface area contributed by atoms with Gasteiger partial charge in [0, 0.05) is 55.4 Å². The van der Waals surface area contributed by atoms with Gasteiger partial charge in [-0.2, -0.15) is 0 Å². The Labute approximate surface area is 243 Å². The highest BCUT2D eigenvalue weighted by Gasteiger charge is 2.16. The van der Waals surface area contributed by atoms with Crippen LogP contribution in [0.5, 0.6) is 0 Å². The molecular weight excluding hydrogens is 532 g/mol. The lowest BCUT2D eigenvalue weighted by molar-refractivity contribution is 0.103. The number of aromatic nitrogens is 2. The molecule has 0 aromatic carbocycles. The quantitative estimate of drug-likeness (QED) is 0.118. The molecule has 1 aliphatic rings. The fourth-order valence-electron chi connectivity index (χ4n) is 3.35. The smallest absolute Gasteiger partial charge is 0.137 e. The van der Waals surface area contributed by atoms with Crippen LogP contribution in [-0.2, 0) is 9.47 Å². The minimum Gasteiger partial charge on any atom is -0.388 e. The number of ether oxygens (including phenoxy) is 2. The highest BCUT2D eigenvalue weighted by Crippen LogP contribution is 2.31. The number of methoxy groups -OCH3 is 2. The molecular formula is C31H45F2N3O3S. The van der Waals surface area contributed by atoms with E-state index >= 15 is 0 Å². The summed E-state index contributed by atoms with van der Waals surface area (Å²) in [5.41, 5.74) is 4.09. The predicted molar refractivity (Wildman–Crippen MR) is 165 cm³/mol. The van der Waals surface area contributed by atoms with Crippen molar-refractivity contribution >= 4 is 23.0 Å². The van der Waals surface area contributed by atoms with Gasteiger partial charge in [-0.25, -0.2) is 13.8 Å². The van der Waals surface area contributed by atoms with Gasteiger partial charge < -0.3 is 24.3 Å². The first kappa shape index (κ1) is 37.1. The van der Waals surface area contributed by atoms with Crippen molar-refractivity contribution in [1.29, 1.82) is 0 Å². The molecule has 40 heavy (non-hydrogen) atoms. The Morgan fingerprint density at radius 1 is 1.38 bits per heavy atom. The van der Waals surface area contributed by atoms with Gasteiger partial charge in [0.25, 0.3) is 0 Å². The van der Waals surface area contributed by atoms with Crippen LogP contribution in [0.25, 0.3) is 11.0 Å². The Kier molecular flexibility index (Phi) is 21.2. The molecule has 2 aromatic rings. The molecule has 3 rings (SSSR count). The van der Waals surface area contributed by atoms with Crippen LogP contribution in [-0.4, -0.2) is 54.9 Å². The average Bonchev–Trinajstić information content (AvgIpc) is 3.36. The third-order valence-electron chi connectivity index (χ3n) is 5.24. The molecule has 9 heteroatoms. The molecule has 0 fully saturated rings. The summed E-state index contributed by atoms with van der Waals surface area (Å²) >= 11 is 1.60. The monoisotopic (exact) mass is 577 g/mol. The van der Waals surface area contributed by atoms with Crippen molar-refractivity contribution in [3.05, 3.63) is 77.6 Å². The molecule has 0 spiro atoms. The SMILES string of the molecule is C#CC.C/C(F)=C\C=C/C(C)F.CCC(O)c1c[nH]c2ncc(C3C=C(NSC)C=CC3)cc12.COCCOC. The van der Waals surface area contributed by atoms with Crippen LogP contribution in [0.3, 0.4) is 0 Å². The van der Waals surface area contributed by atoms with E-state index in [2.05, 4.69) is 60.8 Å². The van der Waals surface area contributed by atoms with E-state index in [4.69, 9.17) is 0 Å². The third kappa shape index (κ3) is 15.6. The first-order valence-corrected chi connectivity index (χ1v) is 14.2. The van der Waals surface area contributed by atoms with E-state index in [-0.39, 0.29) is 5.83 Å². The van der Waals surface area contributed by atoms with Gasteiger partial charge in [0.2, 0.25) is 0 Å². The number of aliphatic hydroxyl groups is 1. The zero-order valence-corrected chi connectivity index (χ0v) is 25.5. The lowest BCUT2D eigenvalue weighted by Gasteiger charge is -2.17. The Morgan fingerprint density at radius 2 is 2.02 bits per heavy atom. The van der Waals surface area contributed by atoms with Crippen LogP contribution in [0, 0.1) is 12.3 Å². The van der Waals surface area contributed by atoms with Crippen molar-refractivity contribution in [2.75, 3.05) is 33.7 Å². The number of hydrogen-bond donors (Lipinski definition) is 3. The van der Waals surface area contributed by atoms with E-state index in [1.165, 1.54) is 37.6 Å². The topological polar surface area (TPSA) is 79.4 Å². The van der Waals surface area contributed by atoms with Gasteiger partial charge in [-0.15, -0.1) is 12.3 Å². The van der Waals surface area contributed by atoms with Gasteiger partial charge >= 0.3 is 0 Å². The summed E-state index contributed by atoms with van der Waals surface area (Å²) in [7, 11) is 3.30. The maximum absolute atomic E-state index is 11.9. The Balaban J connectivity index is 0.000000699. The fraction of sp³-hybridized carbons (Fsp3) is 0.452. The van der Waals surface area contributed by atoms with E-state index in [0.29, 0.717) is 25.6 Å². The Morgan fingerprint density at radius 3 is 2.55 bits per heavy atom. The van der Waals surface area contributed by atoms with Crippen molar-refractivity contribution in [1.82, 2.24) is 14.7 Å². The molecule has 0 saturated heterocycles. The Hall–Kier alpha value is -2.90. The minimum atomic E-state index is -0.999. The molecule has 0 bridgehead atoms. The van der Waals surface area contributed by atoms with E-state index in [9.17, 15) is 13.9 Å². The van der Waals surface area contributed by atoms with Crippen molar-refractivity contribution in [2.24, 2.45) is 0 Å². The van der Waals surface area contributed by atoms with Gasteiger partial charge in [-0.3, -0.25) is 0 Å². The van der Waals surface area contributed by atoms with Crippen molar-refractivity contribution in [2.45, 2.75) is 58.7 Å². The zero-order chi connectivity index (χ0) is 30.3. The van der Waals surface area contributed by atoms with Gasteiger partial charge in [-0.05, 0) is 57.4 Å². The molecule has 3 atom stereocenters. The van der Waals surface area contributed by atoms with E-state index in [1.54, 1.807) is 33.1 Å². The molecule has 3 N–H and O–H groups in total. The normalized spacial score (nSPS) is 15.9. The molecule has 222 valence electrons. The second kappa shape index (κ2) is 22.9. The second-order valence-electron chi connectivity index (χ2n) is 8.60. The molecule has 0 radical (unpaired) electrons. The largest absolute Gasteiger partial charge is 0.388 e. The predicted octanol–water partition coefficient (Wildman–Crippen LogP) is 7.49. The van der Waals surface area contributed by atoms with Crippen molar-refractivity contribution in [3.8, 4) is 12.3 Å². The van der Waals surface area contributed by atoms with Crippen LogP contribution in [0.15, 0.2) is 66.4 Å². The lowest BCUT2D eigenvalue weighted by atomic mass is 9.92. The number of pyridine rings is 1. The fourth-order valence-corrected chi connectivity index (χ4v) is 3.72. The molecule has 0 aliphatic heterocycles. The summed E-state index contributed by atoms with van der Waals surface area (Å²) in [6, 6.07) is 2.16. The number of allylic oxidation sites excluding steroid dienone is 7. The number of fused-ring (bicyclic) bond motifs is 1. The summed E-state index contributed by atoms with van der Waals surface area (Å²) in [5.74, 6) is 2.25. The minimum absolute atomic E-state index is 0.313. The van der Waals surface area contributed by atoms with Gasteiger partial charge in [0.15, 0.2) is 0 Å². The highest BCUT2D eigenvalue weighted by molar-refractivity contribution is 7.96. The van der Waals surface area contributed by atoms with E-state index < -0.39 is 12.3 Å².